The van der Waals surface area contributed by atoms with Crippen LogP contribution in [0.4, 0.5) is 0 Å². The van der Waals surface area contributed by atoms with Gasteiger partial charge in [0.15, 0.2) is 0 Å². The van der Waals surface area contributed by atoms with Crippen LogP contribution in [-0.4, -0.2) is 19.1 Å². The average Bonchev–Trinajstić information content (AvgIpc) is 2.48. The highest BCUT2D eigenvalue weighted by Gasteiger charge is 2.38. The van der Waals surface area contributed by atoms with E-state index in [1.165, 1.54) is 26.4 Å². The molecule has 1 fully saturated rings. The Morgan fingerprint density at radius 3 is 2.42 bits per heavy atom. The van der Waals surface area contributed by atoms with E-state index in [0.29, 0.717) is 6.04 Å². The number of ether oxygens (including phenoxy) is 1. The van der Waals surface area contributed by atoms with Gasteiger partial charge in [-0.3, -0.25) is 5.32 Å². The van der Waals surface area contributed by atoms with Crippen molar-refractivity contribution in [2.75, 3.05) is 7.11 Å². The van der Waals surface area contributed by atoms with Gasteiger partial charge in [-0.15, -0.1) is 0 Å². The van der Waals surface area contributed by atoms with Crippen molar-refractivity contribution in [2.24, 2.45) is 0 Å². The summed E-state index contributed by atoms with van der Waals surface area (Å²) in [5.74, 6) is -0.218. The molecule has 104 valence electrons. The zero-order valence-electron chi connectivity index (χ0n) is 11.8. The van der Waals surface area contributed by atoms with Crippen molar-refractivity contribution in [1.82, 2.24) is 5.32 Å². The van der Waals surface area contributed by atoms with E-state index < -0.39 is 5.54 Å². The number of carbonyl (C=O) groups excluding carboxylic acids is 1. The van der Waals surface area contributed by atoms with Crippen LogP contribution in [0.2, 0.25) is 0 Å². The SMILES string of the molecule is COC(=O)C(C)(NC1CCCCC1)c1ccccc1. The molecule has 0 aliphatic heterocycles. The number of benzene rings is 1. The molecule has 1 aliphatic rings. The highest BCUT2D eigenvalue weighted by Crippen LogP contribution is 2.27. The predicted molar refractivity (Wildman–Crippen MR) is 75.8 cm³/mol. The number of hydrogen-bond donors (Lipinski definition) is 1. The van der Waals surface area contributed by atoms with Crippen LogP contribution in [0, 0.1) is 0 Å². The van der Waals surface area contributed by atoms with E-state index >= 15 is 0 Å². The Morgan fingerprint density at radius 1 is 1.21 bits per heavy atom. The number of methoxy groups -OCH3 is 1. The van der Waals surface area contributed by atoms with E-state index in [2.05, 4.69) is 5.32 Å². The van der Waals surface area contributed by atoms with Crippen molar-refractivity contribution in [3.8, 4) is 0 Å². The van der Waals surface area contributed by atoms with Gasteiger partial charge in [-0.25, -0.2) is 4.79 Å². The minimum absolute atomic E-state index is 0.218. The summed E-state index contributed by atoms with van der Waals surface area (Å²) < 4.78 is 5.01. The fourth-order valence-electron chi connectivity index (χ4n) is 2.89. The van der Waals surface area contributed by atoms with Gasteiger partial charge in [0.2, 0.25) is 0 Å². The Balaban J connectivity index is 2.21. The second-order valence-corrected chi connectivity index (χ2v) is 5.46. The summed E-state index contributed by atoms with van der Waals surface area (Å²) in [6, 6.07) is 10.2. The minimum atomic E-state index is -0.752. The fraction of sp³-hybridized carbons (Fsp3) is 0.562. The quantitative estimate of drug-likeness (QED) is 0.847. The normalized spacial score (nSPS) is 19.7. The number of hydrogen-bond acceptors (Lipinski definition) is 3. The van der Waals surface area contributed by atoms with E-state index in [1.54, 1.807) is 0 Å². The number of esters is 1. The van der Waals surface area contributed by atoms with Gasteiger partial charge >= 0.3 is 5.97 Å². The van der Waals surface area contributed by atoms with Crippen LogP contribution in [-0.2, 0) is 15.1 Å². The van der Waals surface area contributed by atoms with Crippen molar-refractivity contribution in [3.63, 3.8) is 0 Å². The van der Waals surface area contributed by atoms with E-state index in [-0.39, 0.29) is 5.97 Å². The van der Waals surface area contributed by atoms with Crippen molar-refractivity contribution >= 4 is 5.97 Å². The van der Waals surface area contributed by atoms with Crippen LogP contribution >= 0.6 is 0 Å². The maximum atomic E-state index is 12.2. The van der Waals surface area contributed by atoms with Gasteiger partial charge in [-0.05, 0) is 25.3 Å². The molecule has 0 bridgehead atoms. The van der Waals surface area contributed by atoms with Crippen molar-refractivity contribution in [2.45, 2.75) is 50.6 Å². The van der Waals surface area contributed by atoms with Crippen LogP contribution in [0.25, 0.3) is 0 Å². The van der Waals surface area contributed by atoms with Gasteiger partial charge in [-0.1, -0.05) is 49.6 Å². The van der Waals surface area contributed by atoms with Gasteiger partial charge < -0.3 is 4.74 Å². The Hall–Kier alpha value is -1.35. The molecule has 0 radical (unpaired) electrons. The minimum Gasteiger partial charge on any atom is -0.467 e. The molecular formula is C16H23NO2. The van der Waals surface area contributed by atoms with Gasteiger partial charge in [0.25, 0.3) is 0 Å². The summed E-state index contributed by atoms with van der Waals surface area (Å²) in [5, 5.41) is 3.52. The highest BCUT2D eigenvalue weighted by atomic mass is 16.5. The first-order chi connectivity index (χ1) is 9.16. The molecule has 2 rings (SSSR count). The molecule has 19 heavy (non-hydrogen) atoms. The third-order valence-corrected chi connectivity index (χ3v) is 4.04. The smallest absolute Gasteiger partial charge is 0.330 e. The zero-order chi connectivity index (χ0) is 13.7. The van der Waals surface area contributed by atoms with Crippen LogP contribution < -0.4 is 5.32 Å². The Bertz CT molecular complexity index is 412. The van der Waals surface area contributed by atoms with E-state index in [1.807, 2.05) is 37.3 Å². The number of rotatable bonds is 4. The molecule has 1 atom stereocenters. The molecule has 0 heterocycles. The van der Waals surface area contributed by atoms with Gasteiger partial charge in [0.05, 0.1) is 7.11 Å². The molecular weight excluding hydrogens is 238 g/mol. The van der Waals surface area contributed by atoms with Gasteiger partial charge in [0, 0.05) is 6.04 Å². The first kappa shape index (κ1) is 14.1. The van der Waals surface area contributed by atoms with E-state index in [4.69, 9.17) is 4.74 Å². The maximum absolute atomic E-state index is 12.2. The molecule has 3 nitrogen and oxygen atoms in total. The molecule has 1 unspecified atom stereocenters. The Kier molecular flexibility index (Phi) is 4.59. The van der Waals surface area contributed by atoms with E-state index in [0.717, 1.165) is 18.4 Å². The number of nitrogens with one attached hydrogen (secondary N) is 1. The van der Waals surface area contributed by atoms with Crippen LogP contribution in [0.5, 0.6) is 0 Å². The molecule has 0 aromatic heterocycles. The lowest BCUT2D eigenvalue weighted by molar-refractivity contribution is -0.148. The molecule has 0 amide bonds. The van der Waals surface area contributed by atoms with Crippen molar-refractivity contribution in [1.29, 1.82) is 0 Å². The van der Waals surface area contributed by atoms with Gasteiger partial charge in [0.1, 0.15) is 5.54 Å². The summed E-state index contributed by atoms with van der Waals surface area (Å²) in [6.07, 6.45) is 6.06. The van der Waals surface area contributed by atoms with E-state index in [9.17, 15) is 4.79 Å². The molecule has 1 saturated carbocycles. The zero-order valence-corrected chi connectivity index (χ0v) is 11.8. The predicted octanol–water partition coefficient (Wildman–Crippen LogP) is 3.00. The van der Waals surface area contributed by atoms with Crippen LogP contribution in [0.3, 0.4) is 0 Å². The molecule has 3 heteroatoms. The molecule has 1 aromatic rings. The third-order valence-electron chi connectivity index (χ3n) is 4.04. The summed E-state index contributed by atoms with van der Waals surface area (Å²) in [6.45, 7) is 1.92. The molecule has 1 aromatic carbocycles. The fourth-order valence-corrected chi connectivity index (χ4v) is 2.89. The first-order valence-corrected chi connectivity index (χ1v) is 7.08. The van der Waals surface area contributed by atoms with Crippen LogP contribution in [0.15, 0.2) is 30.3 Å². The van der Waals surface area contributed by atoms with Crippen LogP contribution in [0.1, 0.15) is 44.6 Å². The largest absolute Gasteiger partial charge is 0.467 e. The molecule has 0 spiro atoms. The summed E-state index contributed by atoms with van der Waals surface area (Å²) >= 11 is 0. The van der Waals surface area contributed by atoms with Gasteiger partial charge in [-0.2, -0.15) is 0 Å². The second-order valence-electron chi connectivity index (χ2n) is 5.46. The lowest BCUT2D eigenvalue weighted by Crippen LogP contribution is -2.52. The topological polar surface area (TPSA) is 38.3 Å². The first-order valence-electron chi connectivity index (χ1n) is 7.08. The van der Waals surface area contributed by atoms with Crippen molar-refractivity contribution in [3.05, 3.63) is 35.9 Å². The second kappa shape index (κ2) is 6.20. The Labute approximate surface area is 115 Å². The lowest BCUT2D eigenvalue weighted by Gasteiger charge is -2.35. The molecule has 1 N–H and O–H groups in total. The molecule has 1 aliphatic carbocycles. The summed E-state index contributed by atoms with van der Waals surface area (Å²) in [4.78, 5) is 12.2. The Morgan fingerprint density at radius 2 is 1.84 bits per heavy atom. The number of carbonyl (C=O) groups is 1. The summed E-state index contributed by atoms with van der Waals surface area (Å²) in [7, 11) is 1.45. The molecule has 0 saturated heterocycles. The van der Waals surface area contributed by atoms with Crippen molar-refractivity contribution < 1.29 is 9.53 Å². The average molecular weight is 261 g/mol. The maximum Gasteiger partial charge on any atom is 0.330 e. The lowest BCUT2D eigenvalue weighted by atomic mass is 9.87. The summed E-state index contributed by atoms with van der Waals surface area (Å²) in [5.41, 5.74) is 0.213. The highest BCUT2D eigenvalue weighted by molar-refractivity contribution is 5.82. The third kappa shape index (κ3) is 3.16. The standard InChI is InChI=1S/C16H23NO2/c1-16(15(18)19-2,13-9-5-3-6-10-13)17-14-11-7-4-8-12-14/h3,5-6,9-10,14,17H,4,7-8,11-12H2,1-2H3. The monoisotopic (exact) mass is 261 g/mol.